The first kappa shape index (κ1) is 18.3. The Balaban J connectivity index is 1.79. The zero-order chi connectivity index (χ0) is 17.8. The van der Waals surface area contributed by atoms with Gasteiger partial charge in [0.2, 0.25) is 0 Å². The van der Waals surface area contributed by atoms with Gasteiger partial charge >= 0.3 is 0 Å². The Kier molecular flexibility index (Phi) is 6.04. The average Bonchev–Trinajstić information content (AvgIpc) is 2.91. The molecule has 0 saturated carbocycles. The van der Waals surface area contributed by atoms with Gasteiger partial charge in [0.15, 0.2) is 6.29 Å². The van der Waals surface area contributed by atoms with Crippen molar-refractivity contribution in [1.29, 1.82) is 0 Å². The molecule has 2 aromatic carbocycles. The van der Waals surface area contributed by atoms with Crippen LogP contribution in [0.25, 0.3) is 0 Å². The number of benzene rings is 2. The molecule has 0 amide bonds. The molecule has 3 nitrogen and oxygen atoms in total. The summed E-state index contributed by atoms with van der Waals surface area (Å²) in [5, 5.41) is 5.43. The first-order valence-electron chi connectivity index (χ1n) is 7.71. The fourth-order valence-corrected chi connectivity index (χ4v) is 4.38. The van der Waals surface area contributed by atoms with Crippen molar-refractivity contribution in [2.24, 2.45) is 7.05 Å². The third-order valence-electron chi connectivity index (χ3n) is 3.65. The molecule has 0 bridgehead atoms. The topological polar surface area (TPSA) is 34.9 Å². The number of aromatic nitrogens is 2. The predicted molar refractivity (Wildman–Crippen MR) is 108 cm³/mol. The van der Waals surface area contributed by atoms with Crippen molar-refractivity contribution >= 4 is 45.7 Å². The maximum Gasteiger partial charge on any atom is 0.154 e. The van der Waals surface area contributed by atoms with Gasteiger partial charge in [-0.05, 0) is 43.3 Å². The lowest BCUT2D eigenvalue weighted by Gasteiger charge is -2.03. The summed E-state index contributed by atoms with van der Waals surface area (Å²) in [6, 6.07) is 16.4. The normalized spacial score (nSPS) is 10.8. The van der Waals surface area contributed by atoms with E-state index in [-0.39, 0.29) is 0 Å². The number of halogens is 1. The highest BCUT2D eigenvalue weighted by Gasteiger charge is 2.17. The Hall–Kier alpha value is -1.50. The van der Waals surface area contributed by atoms with E-state index in [4.69, 9.17) is 0 Å². The molecule has 0 atom stereocenters. The quantitative estimate of drug-likeness (QED) is 0.367. The molecule has 0 aliphatic carbocycles. The molecule has 128 valence electrons. The standard InChI is InChI=1S/C19H17BrN2OS2/c1-13-3-7-15(8-4-13)24-12-18-17(11-23)19(22(2)21-18)25-16-9-5-14(20)6-10-16/h3-11H,12H2,1-2H3. The second kappa shape index (κ2) is 8.25. The summed E-state index contributed by atoms with van der Waals surface area (Å²) in [7, 11) is 1.88. The first-order valence-corrected chi connectivity index (χ1v) is 10.3. The van der Waals surface area contributed by atoms with Crippen molar-refractivity contribution in [2.45, 2.75) is 27.5 Å². The Morgan fingerprint density at radius 2 is 1.72 bits per heavy atom. The second-order valence-electron chi connectivity index (χ2n) is 5.56. The van der Waals surface area contributed by atoms with Crippen LogP contribution in [-0.2, 0) is 12.8 Å². The van der Waals surface area contributed by atoms with Crippen molar-refractivity contribution in [3.8, 4) is 0 Å². The summed E-state index contributed by atoms with van der Waals surface area (Å²) < 4.78 is 2.83. The van der Waals surface area contributed by atoms with Gasteiger partial charge in [0.05, 0.1) is 11.3 Å². The highest BCUT2D eigenvalue weighted by Crippen LogP contribution is 2.33. The molecular weight excluding hydrogens is 416 g/mol. The van der Waals surface area contributed by atoms with Gasteiger partial charge in [0.25, 0.3) is 0 Å². The van der Waals surface area contributed by atoms with Gasteiger partial charge in [0, 0.05) is 27.1 Å². The molecule has 3 aromatic rings. The molecule has 1 heterocycles. The molecule has 0 aliphatic heterocycles. The number of thioether (sulfide) groups is 1. The first-order chi connectivity index (χ1) is 12.1. The van der Waals surface area contributed by atoms with Gasteiger partial charge in [0.1, 0.15) is 5.03 Å². The van der Waals surface area contributed by atoms with E-state index in [1.807, 2.05) is 31.3 Å². The molecule has 0 spiro atoms. The lowest BCUT2D eigenvalue weighted by atomic mass is 10.2. The number of nitrogens with zero attached hydrogens (tertiary/aromatic N) is 2. The third-order valence-corrected chi connectivity index (χ3v) is 6.39. The van der Waals surface area contributed by atoms with Crippen molar-refractivity contribution in [1.82, 2.24) is 9.78 Å². The predicted octanol–water partition coefficient (Wildman–Crippen LogP) is 5.75. The van der Waals surface area contributed by atoms with Crippen LogP contribution in [0.15, 0.2) is 67.8 Å². The molecular formula is C19H17BrN2OS2. The minimum atomic E-state index is 0.672. The molecule has 0 fully saturated rings. The summed E-state index contributed by atoms with van der Waals surface area (Å²) in [6.07, 6.45) is 0.916. The molecule has 0 saturated heterocycles. The summed E-state index contributed by atoms with van der Waals surface area (Å²) >= 11 is 6.69. The van der Waals surface area contributed by atoms with Crippen LogP contribution in [0.5, 0.6) is 0 Å². The van der Waals surface area contributed by atoms with Crippen LogP contribution in [0.3, 0.4) is 0 Å². The molecule has 0 N–H and O–H groups in total. The molecule has 1 aromatic heterocycles. The van der Waals surface area contributed by atoms with Crippen LogP contribution in [0.2, 0.25) is 0 Å². The molecule has 3 rings (SSSR count). The fraction of sp³-hybridized carbons (Fsp3) is 0.158. The summed E-state index contributed by atoms with van der Waals surface area (Å²) in [5.74, 6) is 0.672. The summed E-state index contributed by atoms with van der Waals surface area (Å²) in [5.41, 5.74) is 2.74. The van der Waals surface area contributed by atoms with Crippen molar-refractivity contribution in [3.05, 3.63) is 69.8 Å². The van der Waals surface area contributed by atoms with Crippen LogP contribution in [0.1, 0.15) is 21.6 Å². The van der Waals surface area contributed by atoms with E-state index in [1.54, 1.807) is 28.2 Å². The largest absolute Gasteiger partial charge is 0.298 e. The van der Waals surface area contributed by atoms with Crippen LogP contribution in [-0.4, -0.2) is 16.1 Å². The second-order valence-corrected chi connectivity index (χ2v) is 8.59. The van der Waals surface area contributed by atoms with Gasteiger partial charge in [-0.15, -0.1) is 11.8 Å². The maximum atomic E-state index is 11.7. The van der Waals surface area contributed by atoms with Gasteiger partial charge in [-0.2, -0.15) is 5.10 Å². The Morgan fingerprint density at radius 3 is 2.36 bits per heavy atom. The van der Waals surface area contributed by atoms with Crippen molar-refractivity contribution < 1.29 is 4.79 Å². The van der Waals surface area contributed by atoms with Gasteiger partial charge in [-0.3, -0.25) is 9.48 Å². The number of hydrogen-bond donors (Lipinski definition) is 0. The Bertz CT molecular complexity index is 874. The lowest BCUT2D eigenvalue weighted by Crippen LogP contribution is -1.93. The highest BCUT2D eigenvalue weighted by atomic mass is 79.9. The summed E-state index contributed by atoms with van der Waals surface area (Å²) in [4.78, 5) is 13.9. The van der Waals surface area contributed by atoms with Crippen molar-refractivity contribution in [3.63, 3.8) is 0 Å². The Labute approximate surface area is 164 Å². The van der Waals surface area contributed by atoms with Gasteiger partial charge in [-0.1, -0.05) is 45.4 Å². The molecule has 0 radical (unpaired) electrons. The molecule has 0 unspecified atom stereocenters. The van der Waals surface area contributed by atoms with Crippen molar-refractivity contribution in [2.75, 3.05) is 0 Å². The number of carbonyl (C=O) groups excluding carboxylic acids is 1. The average molecular weight is 433 g/mol. The third kappa shape index (κ3) is 4.57. The van der Waals surface area contributed by atoms with E-state index in [2.05, 4.69) is 52.2 Å². The van der Waals surface area contributed by atoms with Crippen LogP contribution in [0, 0.1) is 6.92 Å². The SMILES string of the molecule is Cc1ccc(SCc2nn(C)c(Sc3ccc(Br)cc3)c2C=O)cc1. The van der Waals surface area contributed by atoms with Crippen LogP contribution >= 0.6 is 39.5 Å². The molecule has 0 aliphatic rings. The van der Waals surface area contributed by atoms with E-state index in [0.29, 0.717) is 11.3 Å². The van der Waals surface area contributed by atoms with Gasteiger partial charge < -0.3 is 0 Å². The number of rotatable bonds is 6. The van der Waals surface area contributed by atoms with Gasteiger partial charge in [-0.25, -0.2) is 0 Å². The van der Waals surface area contributed by atoms with E-state index in [0.717, 1.165) is 26.4 Å². The minimum absolute atomic E-state index is 0.672. The van der Waals surface area contributed by atoms with Crippen LogP contribution in [0.4, 0.5) is 0 Å². The molecule has 6 heteroatoms. The van der Waals surface area contributed by atoms with E-state index in [9.17, 15) is 4.79 Å². The fourth-order valence-electron chi connectivity index (χ4n) is 2.32. The minimum Gasteiger partial charge on any atom is -0.298 e. The number of aryl methyl sites for hydroxylation is 2. The van der Waals surface area contributed by atoms with E-state index >= 15 is 0 Å². The van der Waals surface area contributed by atoms with Crippen LogP contribution < -0.4 is 0 Å². The smallest absolute Gasteiger partial charge is 0.154 e. The monoisotopic (exact) mass is 432 g/mol. The number of aldehydes is 1. The molecule has 25 heavy (non-hydrogen) atoms. The maximum absolute atomic E-state index is 11.7. The summed E-state index contributed by atoms with van der Waals surface area (Å²) in [6.45, 7) is 2.07. The zero-order valence-electron chi connectivity index (χ0n) is 13.9. The Morgan fingerprint density at radius 1 is 1.08 bits per heavy atom. The van der Waals surface area contributed by atoms with E-state index < -0.39 is 0 Å². The highest BCUT2D eigenvalue weighted by molar-refractivity contribution is 9.10. The zero-order valence-corrected chi connectivity index (χ0v) is 17.1. The van der Waals surface area contributed by atoms with E-state index in [1.165, 1.54) is 10.5 Å². The lowest BCUT2D eigenvalue weighted by molar-refractivity contribution is 0.112. The number of hydrogen-bond acceptors (Lipinski definition) is 4. The number of carbonyl (C=O) groups is 1.